The second-order valence-electron chi connectivity index (χ2n) is 7.36. The highest BCUT2D eigenvalue weighted by Crippen LogP contribution is 2.27. The number of para-hydroxylation sites is 1. The van der Waals surface area contributed by atoms with Crippen LogP contribution in [0.3, 0.4) is 0 Å². The average molecular weight is 488 g/mol. The number of benzene rings is 3. The van der Waals surface area contributed by atoms with E-state index in [2.05, 4.69) is 15.0 Å². The fraction of sp³-hybridized carbons (Fsp3) is 0.125. The third-order valence-corrected chi connectivity index (χ3v) is 6.48. The molecule has 0 amide bonds. The number of ether oxygens (including phenoxy) is 1. The Balaban J connectivity index is 1.53. The van der Waals surface area contributed by atoms with Gasteiger partial charge in [-0.15, -0.1) is 0 Å². The molecule has 0 spiro atoms. The summed E-state index contributed by atoms with van der Waals surface area (Å²) in [7, 11) is -2.76. The molecule has 0 atom stereocenters. The Morgan fingerprint density at radius 1 is 0.941 bits per heavy atom. The van der Waals surface area contributed by atoms with Crippen molar-refractivity contribution in [3.05, 3.63) is 89.7 Å². The van der Waals surface area contributed by atoms with Crippen molar-refractivity contribution in [3.8, 4) is 5.75 Å². The number of pyridine rings is 1. The Hall–Kier alpha value is -3.79. The molecule has 176 valence electrons. The van der Waals surface area contributed by atoms with E-state index in [0.717, 1.165) is 11.3 Å². The molecule has 2 N–H and O–H groups in total. The Morgan fingerprint density at radius 2 is 1.68 bits per heavy atom. The van der Waals surface area contributed by atoms with E-state index in [0.29, 0.717) is 41.8 Å². The van der Waals surface area contributed by atoms with Gasteiger partial charge in [0.25, 0.3) is 10.0 Å². The van der Waals surface area contributed by atoms with Crippen LogP contribution in [-0.4, -0.2) is 27.1 Å². The maximum absolute atomic E-state index is 13.5. The fourth-order valence-corrected chi connectivity index (χ4v) is 4.57. The molecule has 0 fully saturated rings. The van der Waals surface area contributed by atoms with Crippen molar-refractivity contribution in [1.29, 1.82) is 0 Å². The van der Waals surface area contributed by atoms with Crippen LogP contribution in [0.25, 0.3) is 10.9 Å². The minimum Gasteiger partial charge on any atom is -0.496 e. The van der Waals surface area contributed by atoms with Crippen LogP contribution in [0, 0.1) is 17.5 Å². The van der Waals surface area contributed by atoms with Gasteiger partial charge in [0.2, 0.25) is 0 Å². The van der Waals surface area contributed by atoms with Gasteiger partial charge in [0.15, 0.2) is 17.5 Å². The first kappa shape index (κ1) is 23.4. The Kier molecular flexibility index (Phi) is 6.60. The predicted octanol–water partition coefficient (Wildman–Crippen LogP) is 5.12. The van der Waals surface area contributed by atoms with E-state index < -0.39 is 32.4 Å². The first-order valence-corrected chi connectivity index (χ1v) is 11.7. The van der Waals surface area contributed by atoms with Crippen molar-refractivity contribution < 1.29 is 26.3 Å². The number of hydrogen-bond donors (Lipinski definition) is 2. The smallest absolute Gasteiger partial charge is 0.262 e. The molecule has 0 saturated heterocycles. The summed E-state index contributed by atoms with van der Waals surface area (Å²) in [6.45, 7) is 0.590. The zero-order valence-electron chi connectivity index (χ0n) is 18.0. The summed E-state index contributed by atoms with van der Waals surface area (Å²) in [5, 5.41) is 3.70. The lowest BCUT2D eigenvalue weighted by atomic mass is 10.1. The van der Waals surface area contributed by atoms with Crippen LogP contribution in [0.4, 0.5) is 24.7 Å². The summed E-state index contributed by atoms with van der Waals surface area (Å²) in [6, 6.07) is 16.7. The lowest BCUT2D eigenvalue weighted by Crippen LogP contribution is -2.14. The molecule has 0 bridgehead atoms. The molecule has 0 aliphatic carbocycles. The topological polar surface area (TPSA) is 80.3 Å². The van der Waals surface area contributed by atoms with Crippen molar-refractivity contribution >= 4 is 32.4 Å². The van der Waals surface area contributed by atoms with Crippen molar-refractivity contribution in [1.82, 2.24) is 4.98 Å². The van der Waals surface area contributed by atoms with Gasteiger partial charge in [-0.3, -0.25) is 4.72 Å². The molecule has 34 heavy (non-hydrogen) atoms. The van der Waals surface area contributed by atoms with Gasteiger partial charge in [-0.25, -0.2) is 26.6 Å². The number of halogens is 3. The second kappa shape index (κ2) is 9.60. The van der Waals surface area contributed by atoms with Gasteiger partial charge >= 0.3 is 0 Å². The number of aromatic nitrogens is 1. The van der Waals surface area contributed by atoms with Crippen molar-refractivity contribution in [2.75, 3.05) is 23.7 Å². The molecular weight excluding hydrogens is 467 g/mol. The summed E-state index contributed by atoms with van der Waals surface area (Å²) in [4.78, 5) is 3.77. The second-order valence-corrected chi connectivity index (χ2v) is 9.05. The quantitative estimate of drug-likeness (QED) is 0.338. The first-order chi connectivity index (χ1) is 16.3. The summed E-state index contributed by atoms with van der Waals surface area (Å²) < 4.78 is 73.2. The van der Waals surface area contributed by atoms with Crippen molar-refractivity contribution in [3.63, 3.8) is 0 Å². The van der Waals surface area contributed by atoms with Crippen LogP contribution >= 0.6 is 0 Å². The molecular formula is C24H20F3N3O3S. The van der Waals surface area contributed by atoms with E-state index in [1.165, 1.54) is 6.07 Å². The molecule has 0 saturated carbocycles. The minimum absolute atomic E-state index is 0.163. The zero-order valence-corrected chi connectivity index (χ0v) is 18.8. The standard InChI is InChI=1S/C24H20F3N3O3S/c1-33-22-8-3-2-5-15(22)11-12-28-23-10-9-17-20(29-23)6-4-7-21(17)30-34(31,32)16-13-18(25)24(27)19(26)14-16/h2-10,13-14,30H,11-12H2,1H3,(H,28,29). The average Bonchev–Trinajstić information content (AvgIpc) is 2.82. The molecule has 3 aromatic carbocycles. The summed E-state index contributed by atoms with van der Waals surface area (Å²) in [5.41, 5.74) is 1.71. The molecule has 4 rings (SSSR count). The zero-order chi connectivity index (χ0) is 24.3. The van der Waals surface area contributed by atoms with Crippen LogP contribution in [0.5, 0.6) is 5.75 Å². The highest BCUT2D eigenvalue weighted by atomic mass is 32.2. The number of rotatable bonds is 8. The van der Waals surface area contributed by atoms with E-state index in [1.54, 1.807) is 31.4 Å². The van der Waals surface area contributed by atoms with Gasteiger partial charge < -0.3 is 10.1 Å². The minimum atomic E-state index is -4.38. The van der Waals surface area contributed by atoms with Crippen LogP contribution < -0.4 is 14.8 Å². The summed E-state index contributed by atoms with van der Waals surface area (Å²) >= 11 is 0. The molecule has 4 aromatic rings. The maximum Gasteiger partial charge on any atom is 0.262 e. The summed E-state index contributed by atoms with van der Waals surface area (Å²) in [6.07, 6.45) is 0.703. The number of anilines is 2. The molecule has 0 unspecified atom stereocenters. The van der Waals surface area contributed by atoms with Crippen LogP contribution in [0.1, 0.15) is 5.56 Å². The van der Waals surface area contributed by atoms with Crippen LogP contribution in [0.2, 0.25) is 0 Å². The SMILES string of the molecule is COc1ccccc1CCNc1ccc2c(NS(=O)(=O)c3cc(F)c(F)c(F)c3)cccc2n1. The first-order valence-electron chi connectivity index (χ1n) is 10.2. The van der Waals surface area contributed by atoms with Crippen molar-refractivity contribution in [2.24, 2.45) is 0 Å². The van der Waals surface area contributed by atoms with E-state index in [4.69, 9.17) is 4.74 Å². The number of sulfonamides is 1. The Morgan fingerprint density at radius 3 is 2.41 bits per heavy atom. The third kappa shape index (κ3) is 4.91. The fourth-order valence-electron chi connectivity index (χ4n) is 3.47. The lowest BCUT2D eigenvalue weighted by molar-refractivity contribution is 0.410. The number of nitrogens with zero attached hydrogens (tertiary/aromatic N) is 1. The molecule has 10 heteroatoms. The van der Waals surface area contributed by atoms with E-state index in [9.17, 15) is 21.6 Å². The lowest BCUT2D eigenvalue weighted by Gasteiger charge is -2.13. The van der Waals surface area contributed by atoms with Gasteiger partial charge in [-0.05, 0) is 54.4 Å². The number of hydrogen-bond acceptors (Lipinski definition) is 5. The third-order valence-electron chi connectivity index (χ3n) is 5.14. The largest absolute Gasteiger partial charge is 0.496 e. The molecule has 0 radical (unpaired) electrons. The molecule has 0 aliphatic heterocycles. The normalized spacial score (nSPS) is 11.4. The van der Waals surface area contributed by atoms with Crippen LogP contribution in [-0.2, 0) is 16.4 Å². The van der Waals surface area contributed by atoms with Gasteiger partial charge in [0, 0.05) is 11.9 Å². The van der Waals surface area contributed by atoms with Gasteiger partial charge in [-0.1, -0.05) is 24.3 Å². The Bertz CT molecular complexity index is 1440. The highest BCUT2D eigenvalue weighted by molar-refractivity contribution is 7.92. The van der Waals surface area contributed by atoms with E-state index in [1.807, 2.05) is 24.3 Å². The van der Waals surface area contributed by atoms with Crippen LogP contribution in [0.15, 0.2) is 71.6 Å². The molecule has 1 heterocycles. The number of methoxy groups -OCH3 is 1. The monoisotopic (exact) mass is 487 g/mol. The van der Waals surface area contributed by atoms with Crippen molar-refractivity contribution in [2.45, 2.75) is 11.3 Å². The Labute approximate surface area is 194 Å². The number of nitrogens with one attached hydrogen (secondary N) is 2. The molecule has 6 nitrogen and oxygen atoms in total. The van der Waals surface area contributed by atoms with Gasteiger partial charge in [0.1, 0.15) is 11.6 Å². The maximum atomic E-state index is 13.5. The van der Waals surface area contributed by atoms with Gasteiger partial charge in [-0.2, -0.15) is 0 Å². The van der Waals surface area contributed by atoms with E-state index >= 15 is 0 Å². The predicted molar refractivity (Wildman–Crippen MR) is 124 cm³/mol. The molecule has 0 aliphatic rings. The highest BCUT2D eigenvalue weighted by Gasteiger charge is 2.21. The molecule has 1 aromatic heterocycles. The summed E-state index contributed by atoms with van der Waals surface area (Å²) in [5.74, 6) is -3.54. The van der Waals surface area contributed by atoms with E-state index in [-0.39, 0.29) is 5.69 Å². The number of fused-ring (bicyclic) bond motifs is 1. The van der Waals surface area contributed by atoms with Gasteiger partial charge in [0.05, 0.1) is 23.2 Å².